The van der Waals surface area contributed by atoms with Gasteiger partial charge in [-0.2, -0.15) is 0 Å². The van der Waals surface area contributed by atoms with E-state index in [9.17, 15) is 4.79 Å². The SMILES string of the molecule is CCc1oc(C(=O)Nc2cc(-n3cnnc3)ccc2OC)cc1CN1CCCC1. The number of carbonyl (C=O) groups excluding carboxylic acids is 1. The van der Waals surface area contributed by atoms with E-state index in [0.717, 1.165) is 43.1 Å². The number of amides is 1. The summed E-state index contributed by atoms with van der Waals surface area (Å²) in [5, 5.41) is 10.6. The molecule has 8 nitrogen and oxygen atoms in total. The van der Waals surface area contributed by atoms with E-state index in [-0.39, 0.29) is 5.91 Å². The van der Waals surface area contributed by atoms with Gasteiger partial charge in [0.15, 0.2) is 5.76 Å². The summed E-state index contributed by atoms with van der Waals surface area (Å²) in [4.78, 5) is 15.3. The second-order valence-electron chi connectivity index (χ2n) is 7.10. The van der Waals surface area contributed by atoms with Gasteiger partial charge in [0.05, 0.1) is 18.5 Å². The average molecular weight is 395 g/mol. The Morgan fingerprint density at radius 2 is 1.97 bits per heavy atom. The van der Waals surface area contributed by atoms with Crippen molar-refractivity contribution in [1.82, 2.24) is 19.7 Å². The monoisotopic (exact) mass is 395 g/mol. The lowest BCUT2D eigenvalue weighted by molar-refractivity contribution is 0.0994. The largest absolute Gasteiger partial charge is 0.495 e. The number of nitrogens with one attached hydrogen (secondary N) is 1. The molecule has 1 amide bonds. The van der Waals surface area contributed by atoms with Gasteiger partial charge in [-0.1, -0.05) is 6.92 Å². The minimum Gasteiger partial charge on any atom is -0.495 e. The average Bonchev–Trinajstić information content (AvgIpc) is 3.50. The van der Waals surface area contributed by atoms with E-state index in [2.05, 4.69) is 20.4 Å². The normalized spacial score (nSPS) is 14.3. The molecule has 1 fully saturated rings. The van der Waals surface area contributed by atoms with Crippen LogP contribution in [0, 0.1) is 0 Å². The van der Waals surface area contributed by atoms with Gasteiger partial charge in [-0.25, -0.2) is 0 Å². The molecule has 0 spiro atoms. The van der Waals surface area contributed by atoms with Crippen molar-refractivity contribution in [3.05, 3.63) is 54.0 Å². The third-order valence-electron chi connectivity index (χ3n) is 5.18. The number of benzene rings is 1. The van der Waals surface area contributed by atoms with Gasteiger partial charge in [-0.15, -0.1) is 10.2 Å². The molecule has 3 heterocycles. The smallest absolute Gasteiger partial charge is 0.291 e. The molecule has 1 aliphatic heterocycles. The summed E-state index contributed by atoms with van der Waals surface area (Å²) in [5.74, 6) is 1.45. The number of anilines is 1. The Bertz CT molecular complexity index is 974. The molecule has 0 radical (unpaired) electrons. The molecule has 0 bridgehead atoms. The molecule has 29 heavy (non-hydrogen) atoms. The van der Waals surface area contributed by atoms with Gasteiger partial charge in [0.2, 0.25) is 0 Å². The summed E-state index contributed by atoms with van der Waals surface area (Å²) in [6.07, 6.45) is 6.41. The van der Waals surface area contributed by atoms with Crippen molar-refractivity contribution in [1.29, 1.82) is 0 Å². The summed E-state index contributed by atoms with van der Waals surface area (Å²) in [5.41, 5.74) is 2.46. The second-order valence-corrected chi connectivity index (χ2v) is 7.10. The summed E-state index contributed by atoms with van der Waals surface area (Å²) in [6, 6.07) is 7.34. The highest BCUT2D eigenvalue weighted by atomic mass is 16.5. The number of rotatable bonds is 7. The molecule has 3 aromatic rings. The van der Waals surface area contributed by atoms with Crippen LogP contribution in [-0.4, -0.2) is 45.8 Å². The Balaban J connectivity index is 1.56. The number of aryl methyl sites for hydroxylation is 1. The maximum atomic E-state index is 12.9. The molecule has 0 unspecified atom stereocenters. The number of hydrogen-bond acceptors (Lipinski definition) is 6. The standard InChI is InChI=1S/C21H25N5O3/c1-3-18-15(12-25-8-4-5-9-25)10-20(29-18)21(27)24-17-11-16(6-7-19(17)28-2)26-13-22-23-14-26/h6-7,10-11,13-14H,3-5,8-9,12H2,1-2H3,(H,24,27). The zero-order valence-corrected chi connectivity index (χ0v) is 16.7. The number of nitrogens with zero attached hydrogens (tertiary/aromatic N) is 4. The van der Waals surface area contributed by atoms with Crippen LogP contribution in [0.3, 0.4) is 0 Å². The van der Waals surface area contributed by atoms with E-state index in [1.54, 1.807) is 30.4 Å². The van der Waals surface area contributed by atoms with Gasteiger partial charge in [-0.05, 0) is 50.2 Å². The summed E-state index contributed by atoms with van der Waals surface area (Å²) >= 11 is 0. The van der Waals surface area contributed by atoms with Gasteiger partial charge in [-0.3, -0.25) is 14.3 Å². The Kier molecular flexibility index (Phi) is 5.62. The molecule has 1 saturated heterocycles. The van der Waals surface area contributed by atoms with E-state index in [0.29, 0.717) is 17.2 Å². The van der Waals surface area contributed by atoms with Crippen LogP contribution >= 0.6 is 0 Å². The van der Waals surface area contributed by atoms with Gasteiger partial charge < -0.3 is 14.5 Å². The van der Waals surface area contributed by atoms with Crippen LogP contribution in [0.5, 0.6) is 5.75 Å². The molecular weight excluding hydrogens is 370 g/mol. The van der Waals surface area contributed by atoms with Crippen LogP contribution in [0.4, 0.5) is 5.69 Å². The van der Waals surface area contributed by atoms with Gasteiger partial charge >= 0.3 is 0 Å². The van der Waals surface area contributed by atoms with Gasteiger partial charge in [0.25, 0.3) is 5.91 Å². The lowest BCUT2D eigenvalue weighted by atomic mass is 10.2. The van der Waals surface area contributed by atoms with E-state index >= 15 is 0 Å². The lowest BCUT2D eigenvalue weighted by Crippen LogP contribution is -2.18. The second kappa shape index (κ2) is 8.48. The Hall–Kier alpha value is -3.13. The quantitative estimate of drug-likeness (QED) is 0.661. The topological polar surface area (TPSA) is 85.4 Å². The van der Waals surface area contributed by atoms with Crippen molar-refractivity contribution in [2.24, 2.45) is 0 Å². The van der Waals surface area contributed by atoms with E-state index in [1.807, 2.05) is 25.1 Å². The van der Waals surface area contributed by atoms with Crippen LogP contribution < -0.4 is 10.1 Å². The van der Waals surface area contributed by atoms with Crippen molar-refractivity contribution in [3.8, 4) is 11.4 Å². The summed E-state index contributed by atoms with van der Waals surface area (Å²) < 4.78 is 13.0. The number of hydrogen-bond donors (Lipinski definition) is 1. The zero-order chi connectivity index (χ0) is 20.2. The first-order chi connectivity index (χ1) is 14.2. The number of methoxy groups -OCH3 is 1. The van der Waals surface area contributed by atoms with Crippen LogP contribution in [0.25, 0.3) is 5.69 Å². The first kappa shape index (κ1) is 19.2. The lowest BCUT2D eigenvalue weighted by Gasteiger charge is -2.13. The van der Waals surface area contributed by atoms with Gasteiger partial charge in [0, 0.05) is 18.5 Å². The molecule has 1 aliphatic rings. The van der Waals surface area contributed by atoms with Crippen molar-refractivity contribution in [2.75, 3.05) is 25.5 Å². The minimum atomic E-state index is -0.299. The molecule has 1 N–H and O–H groups in total. The Morgan fingerprint density at radius 3 is 2.66 bits per heavy atom. The third kappa shape index (κ3) is 4.17. The van der Waals surface area contributed by atoms with Crippen LogP contribution in [0.15, 0.2) is 41.3 Å². The van der Waals surface area contributed by atoms with Crippen molar-refractivity contribution >= 4 is 11.6 Å². The highest BCUT2D eigenvalue weighted by molar-refractivity contribution is 6.03. The molecule has 4 rings (SSSR count). The molecule has 1 aromatic carbocycles. The molecule has 8 heteroatoms. The fraction of sp³-hybridized carbons (Fsp3) is 0.381. The third-order valence-corrected chi connectivity index (χ3v) is 5.18. The highest BCUT2D eigenvalue weighted by Crippen LogP contribution is 2.28. The predicted molar refractivity (Wildman–Crippen MR) is 108 cm³/mol. The van der Waals surface area contributed by atoms with Crippen molar-refractivity contribution < 1.29 is 13.9 Å². The fourth-order valence-corrected chi connectivity index (χ4v) is 3.67. The van der Waals surface area contributed by atoms with E-state index < -0.39 is 0 Å². The molecule has 152 valence electrons. The number of likely N-dealkylation sites (tertiary alicyclic amines) is 1. The molecule has 0 saturated carbocycles. The van der Waals surface area contributed by atoms with Crippen LogP contribution in [-0.2, 0) is 13.0 Å². The maximum Gasteiger partial charge on any atom is 0.291 e. The van der Waals surface area contributed by atoms with Crippen molar-refractivity contribution in [2.45, 2.75) is 32.7 Å². The van der Waals surface area contributed by atoms with Crippen molar-refractivity contribution in [3.63, 3.8) is 0 Å². The Labute approximate surface area is 169 Å². The van der Waals surface area contributed by atoms with E-state index in [1.165, 1.54) is 12.8 Å². The number of carbonyl (C=O) groups is 1. The molecule has 2 aromatic heterocycles. The Morgan fingerprint density at radius 1 is 1.21 bits per heavy atom. The first-order valence-electron chi connectivity index (χ1n) is 9.86. The first-order valence-corrected chi connectivity index (χ1v) is 9.86. The van der Waals surface area contributed by atoms with Crippen LogP contribution in [0.2, 0.25) is 0 Å². The predicted octanol–water partition coefficient (Wildman–Crippen LogP) is 3.28. The maximum absolute atomic E-state index is 12.9. The van der Waals surface area contributed by atoms with Crippen LogP contribution in [0.1, 0.15) is 41.6 Å². The molecule has 0 aliphatic carbocycles. The highest BCUT2D eigenvalue weighted by Gasteiger charge is 2.20. The zero-order valence-electron chi connectivity index (χ0n) is 16.7. The summed E-state index contributed by atoms with van der Waals surface area (Å²) in [6.45, 7) is 5.07. The number of aromatic nitrogens is 3. The minimum absolute atomic E-state index is 0.299. The van der Waals surface area contributed by atoms with E-state index in [4.69, 9.17) is 9.15 Å². The summed E-state index contributed by atoms with van der Waals surface area (Å²) in [7, 11) is 1.57. The molecular formula is C21H25N5O3. The number of furan rings is 1. The van der Waals surface area contributed by atoms with Gasteiger partial charge in [0.1, 0.15) is 24.2 Å². The molecule has 0 atom stereocenters. The fourth-order valence-electron chi connectivity index (χ4n) is 3.67. The number of ether oxygens (including phenoxy) is 1.